The van der Waals surface area contributed by atoms with E-state index in [1.165, 1.54) is 0 Å². The lowest BCUT2D eigenvalue weighted by Crippen LogP contribution is -2.05. The van der Waals surface area contributed by atoms with Crippen LogP contribution in [0.3, 0.4) is 0 Å². The minimum Gasteiger partial charge on any atom is -0.378 e. The van der Waals surface area contributed by atoms with Crippen LogP contribution >= 0.6 is 15.9 Å². The van der Waals surface area contributed by atoms with Gasteiger partial charge in [0.15, 0.2) is 0 Å². The van der Waals surface area contributed by atoms with Gasteiger partial charge in [-0.05, 0) is 30.3 Å². The van der Waals surface area contributed by atoms with Gasteiger partial charge in [0.2, 0.25) is 0 Å². The van der Waals surface area contributed by atoms with Crippen LogP contribution in [0.4, 0.5) is 11.4 Å². The number of anilines is 2. The van der Waals surface area contributed by atoms with Crippen molar-refractivity contribution in [1.82, 2.24) is 4.98 Å². The van der Waals surface area contributed by atoms with Crippen LogP contribution in [0.15, 0.2) is 47.1 Å². The molecule has 0 fully saturated rings. The van der Waals surface area contributed by atoms with Gasteiger partial charge in [-0.2, -0.15) is 0 Å². The number of nitrogens with zero attached hydrogens (tertiary/aromatic N) is 1. The van der Waals surface area contributed by atoms with E-state index in [1.54, 1.807) is 13.3 Å². The number of halogens is 1. The summed E-state index contributed by atoms with van der Waals surface area (Å²) in [7, 11) is 1.59. The summed E-state index contributed by atoms with van der Waals surface area (Å²) < 4.78 is 1.01. The van der Waals surface area contributed by atoms with E-state index in [9.17, 15) is 0 Å². The highest BCUT2D eigenvalue weighted by Gasteiger charge is 2.03. The fourth-order valence-corrected chi connectivity index (χ4v) is 1.91. The van der Waals surface area contributed by atoms with Crippen molar-refractivity contribution in [3.8, 4) is 0 Å². The second-order valence-electron chi connectivity index (χ2n) is 3.67. The highest BCUT2D eigenvalue weighted by Crippen LogP contribution is 2.26. The van der Waals surface area contributed by atoms with E-state index >= 15 is 0 Å². The van der Waals surface area contributed by atoms with Gasteiger partial charge in [0.1, 0.15) is 0 Å². The molecule has 1 aromatic carbocycles. The zero-order valence-electron chi connectivity index (χ0n) is 9.98. The lowest BCUT2D eigenvalue weighted by molar-refractivity contribution is 0.271. The molecular formula is C13H14BrN3O. The number of hydrogen-bond donors (Lipinski definition) is 2. The molecule has 0 aliphatic heterocycles. The summed E-state index contributed by atoms with van der Waals surface area (Å²) in [6.45, 7) is 0.662. The lowest BCUT2D eigenvalue weighted by Gasteiger charge is -2.12. The van der Waals surface area contributed by atoms with E-state index in [-0.39, 0.29) is 0 Å². The first-order valence-corrected chi connectivity index (χ1v) is 6.31. The van der Waals surface area contributed by atoms with Crippen LogP contribution in [0.1, 0.15) is 5.69 Å². The van der Waals surface area contributed by atoms with Gasteiger partial charge in [-0.1, -0.05) is 22.0 Å². The Hall–Kier alpha value is -1.59. The normalized spacial score (nSPS) is 10.1. The van der Waals surface area contributed by atoms with Crippen molar-refractivity contribution in [3.63, 3.8) is 0 Å². The van der Waals surface area contributed by atoms with Crippen molar-refractivity contribution in [2.75, 3.05) is 17.9 Å². The predicted octanol–water partition coefficient (Wildman–Crippen LogP) is 3.43. The second kappa shape index (κ2) is 6.37. The third-order valence-corrected chi connectivity index (χ3v) is 2.87. The molecule has 1 aromatic heterocycles. The molecule has 0 atom stereocenters. The average Bonchev–Trinajstić information content (AvgIpc) is 2.40. The minimum absolute atomic E-state index is 0.662. The smallest absolute Gasteiger partial charge is 0.0836 e. The molecule has 0 bridgehead atoms. The van der Waals surface area contributed by atoms with Gasteiger partial charge in [-0.25, -0.2) is 0 Å². The standard InChI is InChI=1S/C13H14BrN3O/c1-18-17-12-6-5-10(14)8-13(12)16-9-11-4-2-3-7-15-11/h2-8,16-17H,9H2,1H3. The topological polar surface area (TPSA) is 46.2 Å². The van der Waals surface area contributed by atoms with Crippen molar-refractivity contribution < 1.29 is 4.84 Å². The van der Waals surface area contributed by atoms with Gasteiger partial charge in [0.05, 0.1) is 30.7 Å². The molecule has 0 spiro atoms. The van der Waals surface area contributed by atoms with Crippen molar-refractivity contribution in [3.05, 3.63) is 52.8 Å². The molecule has 5 heteroatoms. The van der Waals surface area contributed by atoms with Crippen molar-refractivity contribution >= 4 is 27.3 Å². The molecule has 2 aromatic rings. The number of pyridine rings is 1. The van der Waals surface area contributed by atoms with Gasteiger partial charge in [-0.15, -0.1) is 0 Å². The first-order chi connectivity index (χ1) is 8.79. The summed E-state index contributed by atoms with van der Waals surface area (Å²) in [5.74, 6) is 0. The summed E-state index contributed by atoms with van der Waals surface area (Å²) in [5, 5.41) is 3.32. The Kier molecular flexibility index (Phi) is 4.55. The van der Waals surface area contributed by atoms with Crippen molar-refractivity contribution in [2.45, 2.75) is 6.54 Å². The zero-order chi connectivity index (χ0) is 12.8. The SMILES string of the molecule is CONc1ccc(Br)cc1NCc1ccccn1. The van der Waals surface area contributed by atoms with E-state index in [0.29, 0.717) is 6.54 Å². The average molecular weight is 308 g/mol. The van der Waals surface area contributed by atoms with E-state index in [0.717, 1.165) is 21.5 Å². The Labute approximate surface area is 114 Å². The number of benzene rings is 1. The minimum atomic E-state index is 0.662. The number of nitrogens with one attached hydrogen (secondary N) is 2. The van der Waals surface area contributed by atoms with E-state index in [2.05, 4.69) is 31.7 Å². The van der Waals surface area contributed by atoms with Crippen molar-refractivity contribution in [1.29, 1.82) is 0 Å². The monoisotopic (exact) mass is 307 g/mol. The summed E-state index contributed by atoms with van der Waals surface area (Å²) in [4.78, 5) is 9.21. The van der Waals surface area contributed by atoms with Crippen LogP contribution in [0.25, 0.3) is 0 Å². The maximum Gasteiger partial charge on any atom is 0.0836 e. The summed E-state index contributed by atoms with van der Waals surface area (Å²) in [6.07, 6.45) is 1.78. The second-order valence-corrected chi connectivity index (χ2v) is 4.59. The summed E-state index contributed by atoms with van der Waals surface area (Å²) in [6, 6.07) is 11.7. The van der Waals surface area contributed by atoms with Crippen LogP contribution < -0.4 is 10.8 Å². The maximum absolute atomic E-state index is 4.94. The molecule has 2 N–H and O–H groups in total. The van der Waals surface area contributed by atoms with E-state index < -0.39 is 0 Å². The van der Waals surface area contributed by atoms with E-state index in [1.807, 2.05) is 36.4 Å². The molecule has 18 heavy (non-hydrogen) atoms. The van der Waals surface area contributed by atoms with Gasteiger partial charge in [-0.3, -0.25) is 15.3 Å². The lowest BCUT2D eigenvalue weighted by atomic mass is 10.2. The van der Waals surface area contributed by atoms with Gasteiger partial charge < -0.3 is 5.32 Å². The third-order valence-electron chi connectivity index (χ3n) is 2.38. The van der Waals surface area contributed by atoms with Crippen molar-refractivity contribution in [2.24, 2.45) is 0 Å². The molecule has 0 unspecified atom stereocenters. The molecule has 94 valence electrons. The van der Waals surface area contributed by atoms with Gasteiger partial charge in [0, 0.05) is 10.7 Å². The Morgan fingerprint density at radius 1 is 1.22 bits per heavy atom. The molecule has 1 heterocycles. The highest BCUT2D eigenvalue weighted by atomic mass is 79.9. The Balaban J connectivity index is 2.10. The summed E-state index contributed by atoms with van der Waals surface area (Å²) in [5.41, 5.74) is 5.66. The molecule has 0 saturated heterocycles. The fourth-order valence-electron chi connectivity index (χ4n) is 1.55. The Bertz CT molecular complexity index is 505. The number of rotatable bonds is 5. The molecule has 0 saturated carbocycles. The zero-order valence-corrected chi connectivity index (χ0v) is 11.6. The highest BCUT2D eigenvalue weighted by molar-refractivity contribution is 9.10. The molecule has 0 aliphatic rings. The predicted molar refractivity (Wildman–Crippen MR) is 76.3 cm³/mol. The van der Waals surface area contributed by atoms with Gasteiger partial charge in [0.25, 0.3) is 0 Å². The molecular weight excluding hydrogens is 294 g/mol. The quantitative estimate of drug-likeness (QED) is 0.831. The summed E-state index contributed by atoms with van der Waals surface area (Å²) >= 11 is 3.45. The van der Waals surface area contributed by atoms with E-state index in [4.69, 9.17) is 4.84 Å². The van der Waals surface area contributed by atoms with Gasteiger partial charge >= 0.3 is 0 Å². The van der Waals surface area contributed by atoms with Crippen LogP contribution in [0.5, 0.6) is 0 Å². The molecule has 2 rings (SSSR count). The Morgan fingerprint density at radius 2 is 2.11 bits per heavy atom. The Morgan fingerprint density at radius 3 is 2.83 bits per heavy atom. The van der Waals surface area contributed by atoms with Crippen LogP contribution in [0.2, 0.25) is 0 Å². The van der Waals surface area contributed by atoms with Crippen LogP contribution in [0, 0.1) is 0 Å². The fraction of sp³-hybridized carbons (Fsp3) is 0.154. The number of aromatic nitrogens is 1. The van der Waals surface area contributed by atoms with Crippen LogP contribution in [-0.4, -0.2) is 12.1 Å². The number of hydrogen-bond acceptors (Lipinski definition) is 4. The molecule has 4 nitrogen and oxygen atoms in total. The first-order valence-electron chi connectivity index (χ1n) is 5.52. The molecule has 0 aliphatic carbocycles. The maximum atomic E-state index is 4.94. The van der Waals surface area contributed by atoms with Crippen LogP contribution in [-0.2, 0) is 11.4 Å². The third kappa shape index (κ3) is 3.45. The molecule has 0 radical (unpaired) electrons. The molecule has 0 amide bonds. The first kappa shape index (κ1) is 12.9. The largest absolute Gasteiger partial charge is 0.378 e.